The Balaban J connectivity index is 1.44. The highest BCUT2D eigenvalue weighted by molar-refractivity contribution is 7.13. The van der Waals surface area contributed by atoms with E-state index in [-0.39, 0.29) is 12.5 Å². The van der Waals surface area contributed by atoms with Crippen molar-refractivity contribution in [1.82, 2.24) is 9.88 Å². The molecule has 0 bridgehead atoms. The molecule has 136 valence electrons. The van der Waals surface area contributed by atoms with Crippen molar-refractivity contribution in [3.8, 4) is 11.8 Å². The molecular weight excluding hydrogens is 348 g/mol. The zero-order chi connectivity index (χ0) is 18.4. The van der Waals surface area contributed by atoms with E-state index in [2.05, 4.69) is 22.1 Å². The summed E-state index contributed by atoms with van der Waals surface area (Å²) >= 11 is 1.43. The van der Waals surface area contributed by atoms with Crippen LogP contribution in [0.2, 0.25) is 0 Å². The van der Waals surface area contributed by atoms with E-state index in [1.807, 2.05) is 11.4 Å². The first-order valence-electron chi connectivity index (χ1n) is 8.72. The molecule has 2 aromatic rings. The SMILES string of the molecule is CC1CCN(Cc2csc(NC(=O)COc3ccc(C#N)cc3)n2)CC1. The van der Waals surface area contributed by atoms with E-state index < -0.39 is 0 Å². The number of thiazole rings is 1. The van der Waals surface area contributed by atoms with Crippen molar-refractivity contribution in [3.63, 3.8) is 0 Å². The van der Waals surface area contributed by atoms with Crippen molar-refractivity contribution in [1.29, 1.82) is 5.26 Å². The molecule has 0 atom stereocenters. The van der Waals surface area contributed by atoms with Gasteiger partial charge in [0.1, 0.15) is 5.75 Å². The van der Waals surface area contributed by atoms with Crippen LogP contribution in [0.1, 0.15) is 31.0 Å². The highest BCUT2D eigenvalue weighted by Gasteiger charge is 2.17. The first-order valence-corrected chi connectivity index (χ1v) is 9.60. The Labute approximate surface area is 157 Å². The Hall–Kier alpha value is -2.43. The fourth-order valence-electron chi connectivity index (χ4n) is 2.82. The molecule has 1 aromatic carbocycles. The molecule has 0 saturated carbocycles. The Morgan fingerprint density at radius 2 is 2.12 bits per heavy atom. The van der Waals surface area contributed by atoms with Gasteiger partial charge in [-0.1, -0.05) is 6.92 Å². The van der Waals surface area contributed by atoms with Crippen molar-refractivity contribution in [3.05, 3.63) is 40.9 Å². The Bertz CT molecular complexity index is 774. The molecule has 0 unspecified atom stereocenters. The van der Waals surface area contributed by atoms with E-state index in [4.69, 9.17) is 10.00 Å². The maximum Gasteiger partial charge on any atom is 0.264 e. The van der Waals surface area contributed by atoms with Crippen molar-refractivity contribution in [2.24, 2.45) is 5.92 Å². The van der Waals surface area contributed by atoms with E-state index in [9.17, 15) is 4.79 Å². The molecule has 3 rings (SSSR count). The van der Waals surface area contributed by atoms with Gasteiger partial charge in [0.05, 0.1) is 17.3 Å². The van der Waals surface area contributed by atoms with Crippen molar-refractivity contribution >= 4 is 22.4 Å². The summed E-state index contributed by atoms with van der Waals surface area (Å²) in [6.07, 6.45) is 2.47. The summed E-state index contributed by atoms with van der Waals surface area (Å²) in [4.78, 5) is 18.9. The lowest BCUT2D eigenvalue weighted by Gasteiger charge is -2.29. The number of ether oxygens (including phenoxy) is 1. The Morgan fingerprint density at radius 1 is 1.38 bits per heavy atom. The number of rotatable bonds is 6. The molecule has 1 saturated heterocycles. The molecule has 1 aliphatic rings. The fraction of sp³-hybridized carbons (Fsp3) is 0.421. The lowest BCUT2D eigenvalue weighted by Crippen LogP contribution is -2.32. The summed E-state index contributed by atoms with van der Waals surface area (Å²) in [5.41, 5.74) is 1.55. The highest BCUT2D eigenvalue weighted by Crippen LogP contribution is 2.21. The predicted molar refractivity (Wildman–Crippen MR) is 101 cm³/mol. The third-order valence-electron chi connectivity index (χ3n) is 4.41. The van der Waals surface area contributed by atoms with Crippen LogP contribution < -0.4 is 10.1 Å². The van der Waals surface area contributed by atoms with Gasteiger partial charge in [-0.2, -0.15) is 5.26 Å². The van der Waals surface area contributed by atoms with Gasteiger partial charge in [-0.25, -0.2) is 4.98 Å². The molecule has 26 heavy (non-hydrogen) atoms. The van der Waals surface area contributed by atoms with Crippen LogP contribution in [0.3, 0.4) is 0 Å². The van der Waals surface area contributed by atoms with Gasteiger partial charge in [0, 0.05) is 11.9 Å². The van der Waals surface area contributed by atoms with Crippen LogP contribution in [0.15, 0.2) is 29.6 Å². The van der Waals surface area contributed by atoms with Gasteiger partial charge in [-0.3, -0.25) is 15.0 Å². The second-order valence-electron chi connectivity index (χ2n) is 6.58. The molecule has 1 aromatic heterocycles. The minimum absolute atomic E-state index is 0.0924. The van der Waals surface area contributed by atoms with Gasteiger partial charge in [-0.05, 0) is 56.1 Å². The lowest BCUT2D eigenvalue weighted by molar-refractivity contribution is -0.118. The van der Waals surface area contributed by atoms with Crippen molar-refractivity contribution in [2.75, 3.05) is 25.0 Å². The monoisotopic (exact) mass is 370 g/mol. The molecule has 6 nitrogen and oxygen atoms in total. The number of aromatic nitrogens is 1. The van der Waals surface area contributed by atoms with Crippen LogP contribution in [0, 0.1) is 17.2 Å². The molecule has 0 radical (unpaired) electrons. The quantitative estimate of drug-likeness (QED) is 0.844. The summed E-state index contributed by atoms with van der Waals surface area (Å²) < 4.78 is 5.43. The minimum Gasteiger partial charge on any atom is -0.484 e. The Kier molecular flexibility index (Phi) is 6.21. The number of anilines is 1. The van der Waals surface area contributed by atoms with E-state index in [0.29, 0.717) is 16.4 Å². The predicted octanol–water partition coefficient (Wildman–Crippen LogP) is 3.26. The second kappa shape index (κ2) is 8.79. The topological polar surface area (TPSA) is 78.3 Å². The van der Waals surface area contributed by atoms with Crippen LogP contribution in [-0.4, -0.2) is 35.5 Å². The van der Waals surface area contributed by atoms with E-state index >= 15 is 0 Å². The molecule has 1 aliphatic heterocycles. The van der Waals surface area contributed by atoms with Gasteiger partial charge < -0.3 is 4.74 Å². The average Bonchev–Trinajstić information content (AvgIpc) is 3.09. The van der Waals surface area contributed by atoms with E-state index in [1.165, 1.54) is 24.2 Å². The number of carbonyl (C=O) groups excluding carboxylic acids is 1. The van der Waals surface area contributed by atoms with Crippen molar-refractivity contribution < 1.29 is 9.53 Å². The molecule has 1 N–H and O–H groups in total. The van der Waals surface area contributed by atoms with E-state index in [0.717, 1.165) is 31.2 Å². The first kappa shape index (κ1) is 18.4. The minimum atomic E-state index is -0.248. The summed E-state index contributed by atoms with van der Waals surface area (Å²) in [5, 5.41) is 14.1. The number of carbonyl (C=O) groups is 1. The average molecular weight is 370 g/mol. The number of piperidine rings is 1. The standard InChI is InChI=1S/C19H22N4O2S/c1-14-6-8-23(9-7-14)11-16-13-26-19(21-16)22-18(24)12-25-17-4-2-15(10-20)3-5-17/h2-5,13-14H,6-9,11-12H2,1H3,(H,21,22,24). The van der Waals surface area contributed by atoms with Crippen molar-refractivity contribution in [2.45, 2.75) is 26.3 Å². The van der Waals surface area contributed by atoms with Crippen LogP contribution in [0.5, 0.6) is 5.75 Å². The number of amides is 1. The zero-order valence-electron chi connectivity index (χ0n) is 14.8. The third-order valence-corrected chi connectivity index (χ3v) is 5.22. The zero-order valence-corrected chi connectivity index (χ0v) is 15.6. The first-order chi connectivity index (χ1) is 12.6. The number of hydrogen-bond donors (Lipinski definition) is 1. The number of nitrogens with zero attached hydrogens (tertiary/aromatic N) is 3. The molecule has 1 fully saturated rings. The number of hydrogen-bond acceptors (Lipinski definition) is 6. The van der Waals surface area contributed by atoms with Crippen LogP contribution in [0.25, 0.3) is 0 Å². The third kappa shape index (κ3) is 5.28. The molecule has 7 heteroatoms. The maximum absolute atomic E-state index is 12.0. The smallest absolute Gasteiger partial charge is 0.264 e. The lowest BCUT2D eigenvalue weighted by atomic mass is 9.99. The van der Waals surface area contributed by atoms with Gasteiger partial charge in [0.15, 0.2) is 11.7 Å². The number of nitriles is 1. The number of nitrogens with one attached hydrogen (secondary N) is 1. The van der Waals surface area contributed by atoms with Gasteiger partial charge in [0.2, 0.25) is 0 Å². The molecule has 2 heterocycles. The van der Waals surface area contributed by atoms with Gasteiger partial charge >= 0.3 is 0 Å². The highest BCUT2D eigenvalue weighted by atomic mass is 32.1. The Morgan fingerprint density at radius 3 is 2.81 bits per heavy atom. The molecular formula is C19H22N4O2S. The second-order valence-corrected chi connectivity index (χ2v) is 7.43. The summed E-state index contributed by atoms with van der Waals surface area (Å²) in [6.45, 7) is 5.26. The fourth-order valence-corrected chi connectivity index (χ4v) is 3.53. The summed E-state index contributed by atoms with van der Waals surface area (Å²) in [7, 11) is 0. The molecule has 0 spiro atoms. The molecule has 0 aliphatic carbocycles. The maximum atomic E-state index is 12.0. The summed E-state index contributed by atoms with van der Waals surface area (Å²) in [6, 6.07) is 8.70. The summed E-state index contributed by atoms with van der Waals surface area (Å²) in [5.74, 6) is 1.12. The molecule has 1 amide bonds. The van der Waals surface area contributed by atoms with Gasteiger partial charge in [-0.15, -0.1) is 11.3 Å². The number of benzene rings is 1. The van der Waals surface area contributed by atoms with Crippen LogP contribution >= 0.6 is 11.3 Å². The normalized spacial score (nSPS) is 15.4. The van der Waals surface area contributed by atoms with Crippen LogP contribution in [0.4, 0.5) is 5.13 Å². The van der Waals surface area contributed by atoms with Crippen LogP contribution in [-0.2, 0) is 11.3 Å². The largest absolute Gasteiger partial charge is 0.484 e. The number of likely N-dealkylation sites (tertiary alicyclic amines) is 1. The van der Waals surface area contributed by atoms with Gasteiger partial charge in [0.25, 0.3) is 5.91 Å². The van der Waals surface area contributed by atoms with E-state index in [1.54, 1.807) is 24.3 Å².